The first-order valence-electron chi connectivity index (χ1n) is 5.93. The standard InChI is InChI=1S/C14H17O3/c1-10-6-7-12(9-17-10)13-5-3-4-11(8-15)14(13)16-2/h3-5,10,12H,6-7,9H2,1-2H3. The molecule has 0 saturated carbocycles. The molecule has 2 atom stereocenters. The maximum absolute atomic E-state index is 10.8. The van der Waals surface area contributed by atoms with Gasteiger partial charge in [0.25, 0.3) is 0 Å². The third kappa shape index (κ3) is 2.50. The fourth-order valence-corrected chi connectivity index (χ4v) is 2.31. The lowest BCUT2D eigenvalue weighted by molar-refractivity contribution is 0.0150. The largest absolute Gasteiger partial charge is 0.496 e. The van der Waals surface area contributed by atoms with E-state index in [4.69, 9.17) is 9.47 Å². The quantitative estimate of drug-likeness (QED) is 0.804. The van der Waals surface area contributed by atoms with Gasteiger partial charge in [-0.2, -0.15) is 0 Å². The molecule has 0 aromatic heterocycles. The van der Waals surface area contributed by atoms with E-state index in [1.807, 2.05) is 18.4 Å². The van der Waals surface area contributed by atoms with E-state index in [0.29, 0.717) is 29.9 Å². The zero-order chi connectivity index (χ0) is 12.3. The fourth-order valence-electron chi connectivity index (χ4n) is 2.31. The third-order valence-electron chi connectivity index (χ3n) is 3.30. The van der Waals surface area contributed by atoms with E-state index in [-0.39, 0.29) is 0 Å². The summed E-state index contributed by atoms with van der Waals surface area (Å²) in [5.74, 6) is 0.958. The molecule has 1 saturated heterocycles. The highest BCUT2D eigenvalue weighted by Gasteiger charge is 2.24. The predicted octanol–water partition coefficient (Wildman–Crippen LogP) is 2.44. The SMILES string of the molecule is COc1c([C]=O)cccc1C1CCC(C)OC1. The molecule has 1 radical (unpaired) electrons. The van der Waals surface area contributed by atoms with E-state index in [1.54, 1.807) is 13.2 Å². The van der Waals surface area contributed by atoms with Gasteiger partial charge in [-0.25, -0.2) is 0 Å². The lowest BCUT2D eigenvalue weighted by Crippen LogP contribution is -2.22. The van der Waals surface area contributed by atoms with Crippen LogP contribution in [-0.2, 0) is 9.53 Å². The molecule has 1 heterocycles. The van der Waals surface area contributed by atoms with Crippen LogP contribution in [0.25, 0.3) is 0 Å². The minimum atomic E-state index is 0.314. The van der Waals surface area contributed by atoms with Gasteiger partial charge in [-0.05, 0) is 25.8 Å². The molecule has 2 unspecified atom stereocenters. The first-order chi connectivity index (χ1) is 8.26. The third-order valence-corrected chi connectivity index (χ3v) is 3.30. The molecule has 2 rings (SSSR count). The lowest BCUT2D eigenvalue weighted by Gasteiger charge is -2.28. The summed E-state index contributed by atoms with van der Waals surface area (Å²) in [5, 5.41) is 0. The van der Waals surface area contributed by atoms with Gasteiger partial charge >= 0.3 is 0 Å². The summed E-state index contributed by atoms with van der Waals surface area (Å²) in [4.78, 5) is 10.8. The molecule has 3 heteroatoms. The Kier molecular flexibility index (Phi) is 3.79. The van der Waals surface area contributed by atoms with Crippen LogP contribution in [0.1, 0.15) is 36.8 Å². The van der Waals surface area contributed by atoms with E-state index >= 15 is 0 Å². The molecule has 1 aromatic rings. The van der Waals surface area contributed by atoms with E-state index in [1.165, 1.54) is 0 Å². The van der Waals surface area contributed by atoms with Gasteiger partial charge in [0, 0.05) is 11.5 Å². The molecule has 0 amide bonds. The molecule has 91 valence electrons. The molecule has 1 aliphatic heterocycles. The van der Waals surface area contributed by atoms with Crippen molar-refractivity contribution in [1.29, 1.82) is 0 Å². The van der Waals surface area contributed by atoms with Gasteiger partial charge in [-0.3, -0.25) is 4.79 Å². The number of hydrogen-bond acceptors (Lipinski definition) is 3. The normalized spacial score (nSPS) is 24.4. The Labute approximate surface area is 102 Å². The van der Waals surface area contributed by atoms with E-state index in [0.717, 1.165) is 18.4 Å². The van der Waals surface area contributed by atoms with Crippen molar-refractivity contribution in [3.63, 3.8) is 0 Å². The number of ether oxygens (including phenoxy) is 2. The highest BCUT2D eigenvalue weighted by atomic mass is 16.5. The number of carbonyl (C=O) groups excluding carboxylic acids is 1. The van der Waals surface area contributed by atoms with Gasteiger partial charge in [0.05, 0.1) is 25.4 Å². The summed E-state index contributed by atoms with van der Waals surface area (Å²) in [6.07, 6.45) is 4.36. The highest BCUT2D eigenvalue weighted by molar-refractivity contribution is 5.80. The van der Waals surface area contributed by atoms with E-state index in [2.05, 4.69) is 6.92 Å². The van der Waals surface area contributed by atoms with Crippen molar-refractivity contribution >= 4 is 6.29 Å². The van der Waals surface area contributed by atoms with Crippen LogP contribution in [0.3, 0.4) is 0 Å². The van der Waals surface area contributed by atoms with Crippen LogP contribution in [0.2, 0.25) is 0 Å². The molecule has 1 aliphatic rings. The summed E-state index contributed by atoms with van der Waals surface area (Å²) < 4.78 is 11.0. The molecule has 0 N–H and O–H groups in total. The first kappa shape index (κ1) is 12.1. The lowest BCUT2D eigenvalue weighted by atomic mass is 9.90. The Morgan fingerprint density at radius 1 is 1.41 bits per heavy atom. The zero-order valence-corrected chi connectivity index (χ0v) is 10.2. The van der Waals surface area contributed by atoms with Gasteiger partial charge in [0.1, 0.15) is 5.75 Å². The Bertz CT molecular complexity index is 392. The molecule has 17 heavy (non-hydrogen) atoms. The maximum atomic E-state index is 10.8. The van der Waals surface area contributed by atoms with E-state index < -0.39 is 0 Å². The maximum Gasteiger partial charge on any atom is 0.237 e. The molecule has 1 fully saturated rings. The van der Waals surface area contributed by atoms with Crippen LogP contribution in [0.4, 0.5) is 0 Å². The zero-order valence-electron chi connectivity index (χ0n) is 10.2. The number of benzene rings is 1. The second-order valence-electron chi connectivity index (χ2n) is 4.45. The van der Waals surface area contributed by atoms with Crippen molar-refractivity contribution in [2.24, 2.45) is 0 Å². The van der Waals surface area contributed by atoms with Gasteiger partial charge in [0.15, 0.2) is 0 Å². The second-order valence-corrected chi connectivity index (χ2v) is 4.45. The second kappa shape index (κ2) is 5.32. The Morgan fingerprint density at radius 2 is 2.24 bits per heavy atom. The number of rotatable bonds is 3. The van der Waals surface area contributed by atoms with Crippen LogP contribution in [0.5, 0.6) is 5.75 Å². The van der Waals surface area contributed by atoms with Gasteiger partial charge in [-0.15, -0.1) is 0 Å². The summed E-state index contributed by atoms with van der Waals surface area (Å²) in [6.45, 7) is 2.78. The highest BCUT2D eigenvalue weighted by Crippen LogP contribution is 2.35. The average molecular weight is 233 g/mol. The summed E-state index contributed by atoms with van der Waals surface area (Å²) in [5.41, 5.74) is 1.55. The number of hydrogen-bond donors (Lipinski definition) is 0. The molecule has 3 nitrogen and oxygen atoms in total. The fraction of sp³-hybridized carbons (Fsp3) is 0.500. The monoisotopic (exact) mass is 233 g/mol. The van der Waals surface area contributed by atoms with Crippen LogP contribution in [-0.4, -0.2) is 26.1 Å². The predicted molar refractivity (Wildman–Crippen MR) is 65.2 cm³/mol. The van der Waals surface area contributed by atoms with Crippen molar-refractivity contribution in [2.75, 3.05) is 13.7 Å². The summed E-state index contributed by atoms with van der Waals surface area (Å²) in [6, 6.07) is 5.60. The van der Waals surface area contributed by atoms with Crippen molar-refractivity contribution < 1.29 is 14.3 Å². The van der Waals surface area contributed by atoms with Gasteiger partial charge in [0.2, 0.25) is 6.29 Å². The molecule has 0 aliphatic carbocycles. The van der Waals surface area contributed by atoms with Crippen molar-refractivity contribution in [3.8, 4) is 5.75 Å². The minimum absolute atomic E-state index is 0.314. The summed E-state index contributed by atoms with van der Waals surface area (Å²) >= 11 is 0. The van der Waals surface area contributed by atoms with Crippen LogP contribution < -0.4 is 4.74 Å². The first-order valence-corrected chi connectivity index (χ1v) is 5.93. The molecular weight excluding hydrogens is 216 g/mol. The molecule has 1 aromatic carbocycles. The van der Waals surface area contributed by atoms with Crippen molar-refractivity contribution in [1.82, 2.24) is 0 Å². The Morgan fingerprint density at radius 3 is 2.82 bits per heavy atom. The van der Waals surface area contributed by atoms with Crippen LogP contribution in [0, 0.1) is 0 Å². The topological polar surface area (TPSA) is 35.5 Å². The molecule has 0 bridgehead atoms. The summed E-state index contributed by atoms with van der Waals surface area (Å²) in [7, 11) is 1.59. The van der Waals surface area contributed by atoms with Crippen LogP contribution >= 0.6 is 0 Å². The van der Waals surface area contributed by atoms with Gasteiger partial charge < -0.3 is 9.47 Å². The average Bonchev–Trinajstić information content (AvgIpc) is 2.38. The van der Waals surface area contributed by atoms with Crippen molar-refractivity contribution in [3.05, 3.63) is 29.3 Å². The molecular formula is C14H17O3. The number of para-hydroxylation sites is 1. The van der Waals surface area contributed by atoms with Crippen LogP contribution in [0.15, 0.2) is 18.2 Å². The number of methoxy groups -OCH3 is 1. The minimum Gasteiger partial charge on any atom is -0.496 e. The Balaban J connectivity index is 2.28. The smallest absolute Gasteiger partial charge is 0.237 e. The Hall–Kier alpha value is -1.35. The van der Waals surface area contributed by atoms with E-state index in [9.17, 15) is 4.79 Å². The molecule has 0 spiro atoms. The van der Waals surface area contributed by atoms with Gasteiger partial charge in [-0.1, -0.05) is 12.1 Å². The van der Waals surface area contributed by atoms with Crippen molar-refractivity contribution in [2.45, 2.75) is 31.8 Å².